The SMILES string of the molecule is C#CCNC(=NCCOc1ccccc1C)NCC.I. The number of aliphatic imine (C=N–C) groups is 1. The van der Waals surface area contributed by atoms with Gasteiger partial charge >= 0.3 is 0 Å². The minimum absolute atomic E-state index is 0. The molecule has 0 atom stereocenters. The van der Waals surface area contributed by atoms with Crippen LogP contribution in [0.1, 0.15) is 12.5 Å². The largest absolute Gasteiger partial charge is 0.491 e. The number of aryl methyl sites for hydroxylation is 1. The third-order valence-electron chi connectivity index (χ3n) is 2.41. The number of halogens is 1. The van der Waals surface area contributed by atoms with Crippen LogP contribution >= 0.6 is 24.0 Å². The molecule has 110 valence electrons. The summed E-state index contributed by atoms with van der Waals surface area (Å²) in [5.41, 5.74) is 1.13. The van der Waals surface area contributed by atoms with Crippen LogP contribution in [0.4, 0.5) is 0 Å². The van der Waals surface area contributed by atoms with Gasteiger partial charge in [-0.2, -0.15) is 0 Å². The van der Waals surface area contributed by atoms with Gasteiger partial charge in [-0.05, 0) is 25.5 Å². The summed E-state index contributed by atoms with van der Waals surface area (Å²) in [7, 11) is 0. The molecule has 0 aromatic heterocycles. The Bertz CT molecular complexity index is 455. The summed E-state index contributed by atoms with van der Waals surface area (Å²) < 4.78 is 5.67. The Hall–Kier alpha value is -1.42. The Morgan fingerprint density at radius 3 is 2.75 bits per heavy atom. The van der Waals surface area contributed by atoms with Gasteiger partial charge in [-0.1, -0.05) is 24.1 Å². The molecule has 4 nitrogen and oxygen atoms in total. The molecule has 0 spiro atoms. The summed E-state index contributed by atoms with van der Waals surface area (Å²) in [6.07, 6.45) is 5.20. The van der Waals surface area contributed by atoms with E-state index in [0.29, 0.717) is 25.7 Å². The first-order valence-corrected chi connectivity index (χ1v) is 6.42. The van der Waals surface area contributed by atoms with Gasteiger partial charge in [-0.25, -0.2) is 4.99 Å². The molecule has 1 rings (SSSR count). The Labute approximate surface area is 138 Å². The van der Waals surface area contributed by atoms with Crippen molar-refractivity contribution in [3.63, 3.8) is 0 Å². The Morgan fingerprint density at radius 2 is 2.10 bits per heavy atom. The Balaban J connectivity index is 0.00000361. The summed E-state index contributed by atoms with van der Waals surface area (Å²) in [6.45, 7) is 6.42. The van der Waals surface area contributed by atoms with E-state index in [-0.39, 0.29) is 24.0 Å². The fraction of sp³-hybridized carbons (Fsp3) is 0.400. The lowest BCUT2D eigenvalue weighted by molar-refractivity contribution is 0.326. The van der Waals surface area contributed by atoms with Gasteiger partial charge in [0.1, 0.15) is 12.4 Å². The fourth-order valence-corrected chi connectivity index (χ4v) is 1.51. The van der Waals surface area contributed by atoms with Gasteiger partial charge in [0.15, 0.2) is 5.96 Å². The number of ether oxygens (including phenoxy) is 1. The molecule has 0 saturated carbocycles. The zero-order valence-electron chi connectivity index (χ0n) is 12.0. The van der Waals surface area contributed by atoms with Crippen molar-refractivity contribution in [2.24, 2.45) is 4.99 Å². The second-order valence-corrected chi connectivity index (χ2v) is 3.93. The quantitative estimate of drug-likeness (QED) is 0.259. The highest BCUT2D eigenvalue weighted by atomic mass is 127. The number of rotatable bonds is 6. The van der Waals surface area contributed by atoms with Crippen LogP contribution in [-0.4, -0.2) is 32.2 Å². The molecule has 0 radical (unpaired) electrons. The summed E-state index contributed by atoms with van der Waals surface area (Å²) in [5, 5.41) is 6.14. The van der Waals surface area contributed by atoms with Gasteiger partial charge in [0.2, 0.25) is 0 Å². The lowest BCUT2D eigenvalue weighted by Gasteiger charge is -2.10. The van der Waals surface area contributed by atoms with Gasteiger partial charge in [-0.3, -0.25) is 0 Å². The van der Waals surface area contributed by atoms with E-state index in [1.165, 1.54) is 0 Å². The molecule has 0 heterocycles. The number of hydrogen-bond donors (Lipinski definition) is 2. The molecule has 0 fully saturated rings. The van der Waals surface area contributed by atoms with E-state index in [1.807, 2.05) is 38.1 Å². The van der Waals surface area contributed by atoms with Crippen LogP contribution in [0.5, 0.6) is 5.75 Å². The van der Waals surface area contributed by atoms with Gasteiger partial charge < -0.3 is 15.4 Å². The van der Waals surface area contributed by atoms with Gasteiger partial charge in [0.25, 0.3) is 0 Å². The fourth-order valence-electron chi connectivity index (χ4n) is 1.51. The van der Waals surface area contributed by atoms with E-state index in [1.54, 1.807) is 0 Å². The summed E-state index contributed by atoms with van der Waals surface area (Å²) in [6, 6.07) is 7.94. The van der Waals surface area contributed by atoms with Gasteiger partial charge in [-0.15, -0.1) is 30.4 Å². The molecule has 0 bridgehead atoms. The number of terminal acetylenes is 1. The van der Waals surface area contributed by atoms with Crippen molar-refractivity contribution >= 4 is 29.9 Å². The smallest absolute Gasteiger partial charge is 0.192 e. The predicted octanol–water partition coefficient (Wildman–Crippen LogP) is 2.18. The minimum Gasteiger partial charge on any atom is -0.491 e. The van der Waals surface area contributed by atoms with E-state index in [9.17, 15) is 0 Å². The van der Waals surface area contributed by atoms with Gasteiger partial charge in [0.05, 0.1) is 13.1 Å². The standard InChI is InChI=1S/C15H21N3O.HI/c1-4-10-17-15(16-5-2)18-11-12-19-14-9-7-6-8-13(14)3;/h1,6-9H,5,10-12H2,2-3H3,(H2,16,17,18);1H. The number of nitrogens with zero attached hydrogens (tertiary/aromatic N) is 1. The van der Waals surface area contributed by atoms with Crippen molar-refractivity contribution in [1.82, 2.24) is 10.6 Å². The van der Waals surface area contributed by atoms with Crippen molar-refractivity contribution in [3.05, 3.63) is 29.8 Å². The second kappa shape index (κ2) is 11.4. The third kappa shape index (κ3) is 7.24. The molecular formula is C15H22IN3O. The average molecular weight is 387 g/mol. The first kappa shape index (κ1) is 18.6. The number of benzene rings is 1. The molecule has 0 aliphatic heterocycles. The Morgan fingerprint density at radius 1 is 1.35 bits per heavy atom. The Kier molecular flexibility index (Phi) is 10.6. The van der Waals surface area contributed by atoms with Crippen molar-refractivity contribution < 1.29 is 4.74 Å². The normalized spacial score (nSPS) is 10.2. The lowest BCUT2D eigenvalue weighted by atomic mass is 10.2. The van der Waals surface area contributed by atoms with Crippen LogP contribution in [0.25, 0.3) is 0 Å². The molecule has 1 aromatic rings. The molecule has 2 N–H and O–H groups in total. The van der Waals surface area contributed by atoms with E-state index < -0.39 is 0 Å². The minimum atomic E-state index is 0. The molecule has 0 amide bonds. The van der Waals surface area contributed by atoms with Crippen LogP contribution in [0.3, 0.4) is 0 Å². The summed E-state index contributed by atoms with van der Waals surface area (Å²) >= 11 is 0. The molecule has 0 unspecified atom stereocenters. The molecule has 5 heteroatoms. The topological polar surface area (TPSA) is 45.7 Å². The third-order valence-corrected chi connectivity index (χ3v) is 2.41. The molecular weight excluding hydrogens is 365 g/mol. The van der Waals surface area contributed by atoms with Crippen LogP contribution in [0.2, 0.25) is 0 Å². The van der Waals surface area contributed by atoms with E-state index in [4.69, 9.17) is 11.2 Å². The van der Waals surface area contributed by atoms with Crippen molar-refractivity contribution in [3.8, 4) is 18.1 Å². The van der Waals surface area contributed by atoms with Crippen molar-refractivity contribution in [2.45, 2.75) is 13.8 Å². The zero-order chi connectivity index (χ0) is 13.9. The van der Waals surface area contributed by atoms with Gasteiger partial charge in [0, 0.05) is 6.54 Å². The monoisotopic (exact) mass is 387 g/mol. The predicted molar refractivity (Wildman–Crippen MR) is 94.9 cm³/mol. The number of para-hydroxylation sites is 1. The molecule has 20 heavy (non-hydrogen) atoms. The zero-order valence-corrected chi connectivity index (χ0v) is 14.3. The summed E-state index contributed by atoms with van der Waals surface area (Å²) in [4.78, 5) is 4.37. The van der Waals surface area contributed by atoms with E-state index in [2.05, 4.69) is 21.5 Å². The highest BCUT2D eigenvalue weighted by molar-refractivity contribution is 14.0. The van der Waals surface area contributed by atoms with E-state index in [0.717, 1.165) is 17.9 Å². The van der Waals surface area contributed by atoms with E-state index >= 15 is 0 Å². The molecule has 1 aromatic carbocycles. The number of nitrogens with one attached hydrogen (secondary N) is 2. The van der Waals surface area contributed by atoms with Crippen LogP contribution in [-0.2, 0) is 0 Å². The molecule has 0 saturated heterocycles. The maximum atomic E-state index is 5.67. The maximum absolute atomic E-state index is 5.67. The van der Waals surface area contributed by atoms with Crippen molar-refractivity contribution in [1.29, 1.82) is 0 Å². The highest BCUT2D eigenvalue weighted by Gasteiger charge is 1.98. The van der Waals surface area contributed by atoms with Crippen LogP contribution < -0.4 is 15.4 Å². The van der Waals surface area contributed by atoms with Crippen molar-refractivity contribution in [2.75, 3.05) is 26.2 Å². The number of guanidine groups is 1. The molecule has 0 aliphatic carbocycles. The first-order chi connectivity index (χ1) is 9.27. The van der Waals surface area contributed by atoms with Crippen LogP contribution in [0.15, 0.2) is 29.3 Å². The lowest BCUT2D eigenvalue weighted by Crippen LogP contribution is -2.37. The molecule has 0 aliphatic rings. The first-order valence-electron chi connectivity index (χ1n) is 6.42. The average Bonchev–Trinajstić information content (AvgIpc) is 2.42. The highest BCUT2D eigenvalue weighted by Crippen LogP contribution is 2.15. The second-order valence-electron chi connectivity index (χ2n) is 3.93. The van der Waals surface area contributed by atoms with Crippen LogP contribution in [0, 0.1) is 19.3 Å². The number of hydrogen-bond acceptors (Lipinski definition) is 2. The summed E-state index contributed by atoms with van der Waals surface area (Å²) in [5.74, 6) is 4.14. The maximum Gasteiger partial charge on any atom is 0.192 e.